The molecule has 0 saturated heterocycles. The van der Waals surface area contributed by atoms with Gasteiger partial charge in [0.2, 0.25) is 0 Å². The Balaban J connectivity index is 1.77. The molecular weight excluding hydrogens is 272 g/mol. The predicted molar refractivity (Wildman–Crippen MR) is 79.7 cm³/mol. The van der Waals surface area contributed by atoms with E-state index in [-0.39, 0.29) is 0 Å². The van der Waals surface area contributed by atoms with E-state index in [0.29, 0.717) is 18.0 Å². The molecule has 0 spiro atoms. The van der Waals surface area contributed by atoms with Gasteiger partial charge in [0.15, 0.2) is 5.65 Å². The smallest absolute Gasteiger partial charge is 0.180 e. The molecule has 1 atom stereocenters. The predicted octanol–water partition coefficient (Wildman–Crippen LogP) is 2.41. The van der Waals surface area contributed by atoms with Crippen LogP contribution in [-0.4, -0.2) is 26.6 Å². The maximum absolute atomic E-state index is 10.4. The largest absolute Gasteiger partial charge is 0.384 e. The quantitative estimate of drug-likeness (QED) is 0.770. The van der Waals surface area contributed by atoms with Gasteiger partial charge in [-0.15, -0.1) is 0 Å². The average Bonchev–Trinajstić information content (AvgIpc) is 3.00. The van der Waals surface area contributed by atoms with Gasteiger partial charge < -0.3 is 10.4 Å². The Kier molecular flexibility index (Phi) is 3.33. The second kappa shape index (κ2) is 5.15. The van der Waals surface area contributed by atoms with E-state index >= 15 is 0 Å². The SMILES string of the molecule is CC(O)(CNc1ccc2nccnc2n1)c1ccsc1. The second-order valence-electron chi connectivity index (χ2n) is 4.73. The Morgan fingerprint density at radius 1 is 1.25 bits per heavy atom. The van der Waals surface area contributed by atoms with Crippen LogP contribution >= 0.6 is 11.3 Å². The third kappa shape index (κ3) is 2.61. The summed E-state index contributed by atoms with van der Waals surface area (Å²) in [6.45, 7) is 2.16. The molecule has 0 bridgehead atoms. The monoisotopic (exact) mass is 286 g/mol. The minimum absolute atomic E-state index is 0.377. The van der Waals surface area contributed by atoms with Crippen molar-refractivity contribution in [3.63, 3.8) is 0 Å². The van der Waals surface area contributed by atoms with Gasteiger partial charge in [-0.05, 0) is 41.4 Å². The maximum atomic E-state index is 10.4. The van der Waals surface area contributed by atoms with Gasteiger partial charge in [-0.1, -0.05) is 0 Å². The lowest BCUT2D eigenvalue weighted by molar-refractivity contribution is 0.0719. The minimum Gasteiger partial charge on any atom is -0.384 e. The van der Waals surface area contributed by atoms with Crippen molar-refractivity contribution < 1.29 is 5.11 Å². The summed E-state index contributed by atoms with van der Waals surface area (Å²) in [6, 6.07) is 5.61. The molecule has 0 amide bonds. The van der Waals surface area contributed by atoms with E-state index in [0.717, 1.165) is 11.1 Å². The van der Waals surface area contributed by atoms with Crippen molar-refractivity contribution in [1.29, 1.82) is 0 Å². The van der Waals surface area contributed by atoms with Crippen molar-refractivity contribution in [2.24, 2.45) is 0 Å². The summed E-state index contributed by atoms with van der Waals surface area (Å²) in [5, 5.41) is 17.5. The van der Waals surface area contributed by atoms with Crippen LogP contribution in [0.4, 0.5) is 5.82 Å². The summed E-state index contributed by atoms with van der Waals surface area (Å²) < 4.78 is 0. The highest BCUT2D eigenvalue weighted by Gasteiger charge is 2.23. The Morgan fingerprint density at radius 2 is 2.10 bits per heavy atom. The number of aromatic nitrogens is 3. The highest BCUT2D eigenvalue weighted by molar-refractivity contribution is 7.08. The Bertz CT molecular complexity index is 712. The molecule has 0 fully saturated rings. The summed E-state index contributed by atoms with van der Waals surface area (Å²) in [5.41, 5.74) is 1.31. The second-order valence-corrected chi connectivity index (χ2v) is 5.52. The number of fused-ring (bicyclic) bond motifs is 1. The normalized spacial score (nSPS) is 14.1. The van der Waals surface area contributed by atoms with Crippen molar-refractivity contribution in [3.8, 4) is 0 Å². The Hall–Kier alpha value is -2.05. The molecule has 3 aromatic rings. The van der Waals surface area contributed by atoms with Gasteiger partial charge in [-0.2, -0.15) is 11.3 Å². The molecule has 0 radical (unpaired) electrons. The van der Waals surface area contributed by atoms with Crippen molar-refractivity contribution in [1.82, 2.24) is 15.0 Å². The van der Waals surface area contributed by atoms with Crippen molar-refractivity contribution in [2.45, 2.75) is 12.5 Å². The van der Waals surface area contributed by atoms with E-state index in [4.69, 9.17) is 0 Å². The minimum atomic E-state index is -0.932. The van der Waals surface area contributed by atoms with Crippen molar-refractivity contribution in [3.05, 3.63) is 46.9 Å². The molecule has 0 aliphatic carbocycles. The van der Waals surface area contributed by atoms with Gasteiger partial charge in [0.05, 0.1) is 0 Å². The van der Waals surface area contributed by atoms with Crippen LogP contribution < -0.4 is 5.32 Å². The number of pyridine rings is 1. The van der Waals surface area contributed by atoms with Gasteiger partial charge in [-0.3, -0.25) is 4.98 Å². The summed E-state index contributed by atoms with van der Waals surface area (Å²) in [7, 11) is 0. The fourth-order valence-electron chi connectivity index (χ4n) is 1.89. The molecule has 102 valence electrons. The first-order chi connectivity index (χ1) is 9.65. The maximum Gasteiger partial charge on any atom is 0.180 e. The van der Waals surface area contributed by atoms with Gasteiger partial charge in [-0.25, -0.2) is 9.97 Å². The number of nitrogens with one attached hydrogen (secondary N) is 1. The van der Waals surface area contributed by atoms with E-state index < -0.39 is 5.60 Å². The van der Waals surface area contributed by atoms with Gasteiger partial charge >= 0.3 is 0 Å². The highest BCUT2D eigenvalue weighted by atomic mass is 32.1. The molecule has 6 heteroatoms. The van der Waals surface area contributed by atoms with Gasteiger partial charge in [0.25, 0.3) is 0 Å². The molecule has 0 aliphatic heterocycles. The van der Waals surface area contributed by atoms with Crippen LogP contribution in [0.5, 0.6) is 0 Å². The number of rotatable bonds is 4. The summed E-state index contributed by atoms with van der Waals surface area (Å²) >= 11 is 1.57. The summed E-state index contributed by atoms with van der Waals surface area (Å²) in [4.78, 5) is 12.7. The molecule has 3 heterocycles. The fourth-order valence-corrected chi connectivity index (χ4v) is 2.67. The fraction of sp³-hybridized carbons (Fsp3) is 0.214. The standard InChI is InChI=1S/C14H14N4OS/c1-14(19,10-4-7-20-8-10)9-17-12-3-2-11-13(18-12)16-6-5-15-11/h2-8,19H,9H2,1H3,(H,16,17,18). The lowest BCUT2D eigenvalue weighted by Crippen LogP contribution is -2.30. The van der Waals surface area contributed by atoms with Crippen LogP contribution in [0.15, 0.2) is 41.4 Å². The third-order valence-electron chi connectivity index (χ3n) is 3.09. The molecule has 2 N–H and O–H groups in total. The first kappa shape index (κ1) is 13.0. The highest BCUT2D eigenvalue weighted by Crippen LogP contribution is 2.23. The molecule has 3 aromatic heterocycles. The molecule has 20 heavy (non-hydrogen) atoms. The van der Waals surface area contributed by atoms with Gasteiger partial charge in [0.1, 0.15) is 16.9 Å². The van der Waals surface area contributed by atoms with Gasteiger partial charge in [0, 0.05) is 18.9 Å². The molecule has 1 unspecified atom stereocenters. The topological polar surface area (TPSA) is 70.9 Å². The first-order valence-corrected chi connectivity index (χ1v) is 7.16. The van der Waals surface area contributed by atoms with E-state index in [1.165, 1.54) is 0 Å². The van der Waals surface area contributed by atoms with Crippen molar-refractivity contribution in [2.75, 3.05) is 11.9 Å². The molecule has 3 rings (SSSR count). The molecule has 0 aliphatic rings. The first-order valence-electron chi connectivity index (χ1n) is 6.22. The number of hydrogen-bond donors (Lipinski definition) is 2. The summed E-state index contributed by atoms with van der Waals surface area (Å²) in [6.07, 6.45) is 3.25. The molecule has 0 saturated carbocycles. The number of hydrogen-bond acceptors (Lipinski definition) is 6. The van der Waals surface area contributed by atoms with Crippen LogP contribution in [0, 0.1) is 0 Å². The Labute approximate surface area is 120 Å². The lowest BCUT2D eigenvalue weighted by Gasteiger charge is -2.23. The average molecular weight is 286 g/mol. The van der Waals surface area contributed by atoms with Crippen LogP contribution in [-0.2, 0) is 5.60 Å². The number of thiophene rings is 1. The van der Waals surface area contributed by atoms with Crippen molar-refractivity contribution >= 4 is 28.3 Å². The number of nitrogens with zero attached hydrogens (tertiary/aromatic N) is 3. The zero-order valence-electron chi connectivity index (χ0n) is 10.9. The lowest BCUT2D eigenvalue weighted by atomic mass is 9.99. The van der Waals surface area contributed by atoms with Crippen LogP contribution in [0.25, 0.3) is 11.2 Å². The van der Waals surface area contributed by atoms with E-state index in [1.807, 2.05) is 29.0 Å². The molecular formula is C14H14N4OS. The zero-order chi connectivity index (χ0) is 14.0. The van der Waals surface area contributed by atoms with Crippen LogP contribution in [0.1, 0.15) is 12.5 Å². The van der Waals surface area contributed by atoms with Crippen LogP contribution in [0.3, 0.4) is 0 Å². The summed E-state index contributed by atoms with van der Waals surface area (Å²) in [5.74, 6) is 0.675. The van der Waals surface area contributed by atoms with E-state index in [1.54, 1.807) is 30.7 Å². The number of aliphatic hydroxyl groups is 1. The Morgan fingerprint density at radius 3 is 2.90 bits per heavy atom. The third-order valence-corrected chi connectivity index (χ3v) is 3.77. The number of anilines is 1. The van der Waals surface area contributed by atoms with E-state index in [9.17, 15) is 5.11 Å². The zero-order valence-corrected chi connectivity index (χ0v) is 11.8. The molecule has 0 aromatic carbocycles. The molecule has 5 nitrogen and oxygen atoms in total. The van der Waals surface area contributed by atoms with E-state index in [2.05, 4.69) is 20.3 Å². The van der Waals surface area contributed by atoms with Crippen LogP contribution in [0.2, 0.25) is 0 Å².